The first kappa shape index (κ1) is 11.4. The van der Waals surface area contributed by atoms with Crippen molar-refractivity contribution in [1.29, 1.82) is 0 Å². The number of anilines is 1. The molecular formula is C12H14ClNO2. The van der Waals surface area contributed by atoms with E-state index in [1.54, 1.807) is 11.0 Å². The summed E-state index contributed by atoms with van der Waals surface area (Å²) in [6.07, 6.45) is 0.429. The SMILES string of the molecule is Cc1cc(Cl)ccc1N1CC(CO)CC1=O. The first-order chi connectivity index (χ1) is 7.61. The lowest BCUT2D eigenvalue weighted by atomic mass is 10.1. The summed E-state index contributed by atoms with van der Waals surface area (Å²) >= 11 is 5.87. The highest BCUT2D eigenvalue weighted by Crippen LogP contribution is 2.29. The molecule has 16 heavy (non-hydrogen) atoms. The molecule has 0 aliphatic carbocycles. The molecule has 1 N–H and O–H groups in total. The van der Waals surface area contributed by atoms with Crippen LogP contribution in [0, 0.1) is 12.8 Å². The van der Waals surface area contributed by atoms with Gasteiger partial charge in [0.05, 0.1) is 0 Å². The molecule has 1 aliphatic rings. The number of aryl methyl sites for hydroxylation is 1. The predicted molar refractivity (Wildman–Crippen MR) is 63.7 cm³/mol. The number of amides is 1. The molecule has 0 aromatic heterocycles. The minimum Gasteiger partial charge on any atom is -0.396 e. The van der Waals surface area contributed by atoms with Gasteiger partial charge in [-0.15, -0.1) is 0 Å². The van der Waals surface area contributed by atoms with Crippen molar-refractivity contribution >= 4 is 23.2 Å². The molecule has 0 spiro atoms. The van der Waals surface area contributed by atoms with Crippen molar-refractivity contribution in [2.75, 3.05) is 18.1 Å². The summed E-state index contributed by atoms with van der Waals surface area (Å²) in [4.78, 5) is 13.5. The lowest BCUT2D eigenvalue weighted by Gasteiger charge is -2.19. The van der Waals surface area contributed by atoms with Crippen LogP contribution in [0.5, 0.6) is 0 Å². The smallest absolute Gasteiger partial charge is 0.227 e. The van der Waals surface area contributed by atoms with E-state index in [9.17, 15) is 4.79 Å². The molecule has 1 amide bonds. The molecule has 1 aliphatic heterocycles. The van der Waals surface area contributed by atoms with Gasteiger partial charge in [0, 0.05) is 36.2 Å². The zero-order valence-electron chi connectivity index (χ0n) is 9.11. The third-order valence-corrected chi connectivity index (χ3v) is 3.15. The molecule has 1 heterocycles. The lowest BCUT2D eigenvalue weighted by Crippen LogP contribution is -2.25. The number of hydrogen-bond donors (Lipinski definition) is 1. The van der Waals surface area contributed by atoms with Crippen LogP contribution in [-0.2, 0) is 4.79 Å². The molecule has 1 unspecified atom stereocenters. The van der Waals surface area contributed by atoms with Crippen molar-refractivity contribution in [3.8, 4) is 0 Å². The minimum atomic E-state index is 0.0579. The molecular weight excluding hydrogens is 226 g/mol. The first-order valence-corrected chi connectivity index (χ1v) is 5.67. The van der Waals surface area contributed by atoms with Crippen LogP contribution in [0.1, 0.15) is 12.0 Å². The molecule has 2 rings (SSSR count). The van der Waals surface area contributed by atoms with Crippen molar-refractivity contribution in [3.05, 3.63) is 28.8 Å². The Labute approximate surface area is 99.6 Å². The van der Waals surface area contributed by atoms with E-state index in [0.717, 1.165) is 11.3 Å². The monoisotopic (exact) mass is 239 g/mol. The Hall–Kier alpha value is -1.06. The predicted octanol–water partition coefficient (Wildman–Crippen LogP) is 1.99. The number of carbonyl (C=O) groups is 1. The maximum atomic E-state index is 11.8. The van der Waals surface area contributed by atoms with E-state index in [1.807, 2.05) is 19.1 Å². The van der Waals surface area contributed by atoms with E-state index in [2.05, 4.69) is 0 Å². The minimum absolute atomic E-state index is 0.0579. The Morgan fingerprint density at radius 1 is 1.56 bits per heavy atom. The van der Waals surface area contributed by atoms with Crippen LogP contribution < -0.4 is 4.90 Å². The van der Waals surface area contributed by atoms with Crippen LogP contribution in [0.15, 0.2) is 18.2 Å². The number of aliphatic hydroxyl groups is 1. The van der Waals surface area contributed by atoms with Crippen molar-refractivity contribution < 1.29 is 9.90 Å². The van der Waals surface area contributed by atoms with Crippen LogP contribution in [0.4, 0.5) is 5.69 Å². The summed E-state index contributed by atoms with van der Waals surface area (Å²) in [6, 6.07) is 5.48. The normalized spacial score (nSPS) is 20.6. The van der Waals surface area contributed by atoms with Crippen LogP contribution in [0.25, 0.3) is 0 Å². The number of benzene rings is 1. The van der Waals surface area contributed by atoms with Crippen LogP contribution in [-0.4, -0.2) is 24.2 Å². The van der Waals surface area contributed by atoms with Gasteiger partial charge in [0.1, 0.15) is 0 Å². The van der Waals surface area contributed by atoms with E-state index in [0.29, 0.717) is 18.0 Å². The van der Waals surface area contributed by atoms with E-state index >= 15 is 0 Å². The fourth-order valence-corrected chi connectivity index (χ4v) is 2.29. The second-order valence-corrected chi connectivity index (χ2v) is 4.62. The second-order valence-electron chi connectivity index (χ2n) is 4.19. The highest BCUT2D eigenvalue weighted by molar-refractivity contribution is 6.30. The maximum Gasteiger partial charge on any atom is 0.227 e. The fraction of sp³-hybridized carbons (Fsp3) is 0.417. The fourth-order valence-electron chi connectivity index (χ4n) is 2.06. The van der Waals surface area contributed by atoms with Gasteiger partial charge in [0.2, 0.25) is 5.91 Å². The lowest BCUT2D eigenvalue weighted by molar-refractivity contribution is -0.117. The summed E-state index contributed by atoms with van der Waals surface area (Å²) in [6.45, 7) is 2.59. The standard InChI is InChI=1S/C12H14ClNO2/c1-8-4-10(13)2-3-11(8)14-6-9(7-15)5-12(14)16/h2-4,9,15H,5-7H2,1H3. The van der Waals surface area contributed by atoms with Gasteiger partial charge in [-0.1, -0.05) is 11.6 Å². The second kappa shape index (κ2) is 4.44. The van der Waals surface area contributed by atoms with Gasteiger partial charge in [-0.2, -0.15) is 0 Å². The summed E-state index contributed by atoms with van der Waals surface area (Å²) in [5.41, 5.74) is 1.88. The molecule has 1 saturated heterocycles. The van der Waals surface area contributed by atoms with E-state index < -0.39 is 0 Å². The molecule has 0 bridgehead atoms. The van der Waals surface area contributed by atoms with Gasteiger partial charge < -0.3 is 10.0 Å². The van der Waals surface area contributed by atoms with Gasteiger partial charge >= 0.3 is 0 Å². The van der Waals surface area contributed by atoms with Gasteiger partial charge in [-0.3, -0.25) is 4.79 Å². The van der Waals surface area contributed by atoms with E-state index in [-0.39, 0.29) is 18.4 Å². The first-order valence-electron chi connectivity index (χ1n) is 5.29. The summed E-state index contributed by atoms with van der Waals surface area (Å²) in [7, 11) is 0. The quantitative estimate of drug-likeness (QED) is 0.858. The molecule has 1 aromatic rings. The number of carbonyl (C=O) groups excluding carboxylic acids is 1. The van der Waals surface area contributed by atoms with Crippen molar-refractivity contribution in [2.45, 2.75) is 13.3 Å². The molecule has 0 radical (unpaired) electrons. The van der Waals surface area contributed by atoms with Gasteiger partial charge in [-0.25, -0.2) is 0 Å². The molecule has 4 heteroatoms. The largest absolute Gasteiger partial charge is 0.396 e. The number of rotatable bonds is 2. The third kappa shape index (κ3) is 2.06. The highest BCUT2D eigenvalue weighted by atomic mass is 35.5. The van der Waals surface area contributed by atoms with Crippen molar-refractivity contribution in [3.63, 3.8) is 0 Å². The number of hydrogen-bond acceptors (Lipinski definition) is 2. The number of nitrogens with zero attached hydrogens (tertiary/aromatic N) is 1. The molecule has 1 atom stereocenters. The summed E-state index contributed by atoms with van der Waals surface area (Å²) < 4.78 is 0. The molecule has 1 fully saturated rings. The molecule has 86 valence electrons. The molecule has 0 saturated carbocycles. The molecule has 3 nitrogen and oxygen atoms in total. The Bertz CT molecular complexity index is 419. The molecule has 1 aromatic carbocycles. The topological polar surface area (TPSA) is 40.5 Å². The summed E-state index contributed by atoms with van der Waals surface area (Å²) in [5, 5.41) is 9.73. The van der Waals surface area contributed by atoms with Crippen LogP contribution in [0.3, 0.4) is 0 Å². The number of aliphatic hydroxyl groups excluding tert-OH is 1. The van der Waals surface area contributed by atoms with Gasteiger partial charge in [0.15, 0.2) is 0 Å². The average Bonchev–Trinajstić information content (AvgIpc) is 2.60. The van der Waals surface area contributed by atoms with Crippen LogP contribution in [0.2, 0.25) is 5.02 Å². The Morgan fingerprint density at radius 3 is 2.88 bits per heavy atom. The van der Waals surface area contributed by atoms with Crippen molar-refractivity contribution in [2.24, 2.45) is 5.92 Å². The third-order valence-electron chi connectivity index (χ3n) is 2.91. The number of halogens is 1. The van der Waals surface area contributed by atoms with Gasteiger partial charge in [0.25, 0.3) is 0 Å². The Kier molecular flexibility index (Phi) is 3.17. The van der Waals surface area contributed by atoms with E-state index in [4.69, 9.17) is 16.7 Å². The zero-order chi connectivity index (χ0) is 11.7. The average molecular weight is 240 g/mol. The van der Waals surface area contributed by atoms with Crippen LogP contribution >= 0.6 is 11.6 Å². The zero-order valence-corrected chi connectivity index (χ0v) is 9.87. The highest BCUT2D eigenvalue weighted by Gasteiger charge is 2.30. The summed E-state index contributed by atoms with van der Waals surface area (Å²) in [5.74, 6) is 0.132. The van der Waals surface area contributed by atoms with Gasteiger partial charge in [-0.05, 0) is 30.7 Å². The van der Waals surface area contributed by atoms with E-state index in [1.165, 1.54) is 0 Å². The van der Waals surface area contributed by atoms with Crippen molar-refractivity contribution in [1.82, 2.24) is 0 Å². The Morgan fingerprint density at radius 2 is 2.31 bits per heavy atom. The Balaban J connectivity index is 2.28. The maximum absolute atomic E-state index is 11.8.